The van der Waals surface area contributed by atoms with E-state index in [1.165, 1.54) is 0 Å². The summed E-state index contributed by atoms with van der Waals surface area (Å²) >= 11 is 1.77. The van der Waals surface area contributed by atoms with Gasteiger partial charge in [0.1, 0.15) is 5.78 Å². The van der Waals surface area contributed by atoms with Crippen LogP contribution >= 0.6 is 11.8 Å². The van der Waals surface area contributed by atoms with E-state index in [-0.39, 0.29) is 0 Å². The molecule has 0 unspecified atom stereocenters. The topological polar surface area (TPSA) is 20.3 Å². The monoisotopic (exact) mass is 187 g/mol. The standard InChI is InChI=1S/C9H17NOS/c1-10(2)5-6-12-7-9(11)8-3-4-8/h8H,3-7H2,1-2H3. The third kappa shape index (κ3) is 4.12. The molecule has 0 spiro atoms. The Bertz CT molecular complexity index is 155. The van der Waals surface area contributed by atoms with Crippen LogP contribution in [-0.2, 0) is 4.79 Å². The molecule has 0 aliphatic heterocycles. The first-order valence-electron chi connectivity index (χ1n) is 4.45. The first-order chi connectivity index (χ1) is 5.70. The molecule has 0 bridgehead atoms. The highest BCUT2D eigenvalue weighted by atomic mass is 32.2. The summed E-state index contributed by atoms with van der Waals surface area (Å²) < 4.78 is 0. The molecule has 0 radical (unpaired) electrons. The van der Waals surface area contributed by atoms with E-state index in [1.807, 2.05) is 0 Å². The van der Waals surface area contributed by atoms with Crippen LogP contribution in [0.15, 0.2) is 0 Å². The number of hydrogen-bond acceptors (Lipinski definition) is 3. The number of Topliss-reactive ketones (excluding diaryl/α,β-unsaturated/α-hetero) is 1. The normalized spacial score (nSPS) is 16.9. The van der Waals surface area contributed by atoms with E-state index >= 15 is 0 Å². The van der Waals surface area contributed by atoms with Gasteiger partial charge in [-0.2, -0.15) is 11.8 Å². The molecular formula is C9H17NOS. The van der Waals surface area contributed by atoms with Gasteiger partial charge in [-0.15, -0.1) is 0 Å². The molecule has 1 fully saturated rings. The summed E-state index contributed by atoms with van der Waals surface area (Å²) in [6.45, 7) is 1.07. The lowest BCUT2D eigenvalue weighted by Gasteiger charge is -2.07. The zero-order chi connectivity index (χ0) is 8.97. The van der Waals surface area contributed by atoms with E-state index in [1.54, 1.807) is 11.8 Å². The fourth-order valence-corrected chi connectivity index (χ4v) is 2.02. The van der Waals surface area contributed by atoms with Crippen LogP contribution in [0.2, 0.25) is 0 Å². The molecule has 0 saturated heterocycles. The number of rotatable bonds is 6. The van der Waals surface area contributed by atoms with Crippen molar-refractivity contribution in [2.45, 2.75) is 12.8 Å². The van der Waals surface area contributed by atoms with Crippen LogP contribution in [0.1, 0.15) is 12.8 Å². The van der Waals surface area contributed by atoms with Crippen molar-refractivity contribution < 1.29 is 4.79 Å². The lowest BCUT2D eigenvalue weighted by Crippen LogP contribution is -2.16. The summed E-state index contributed by atoms with van der Waals surface area (Å²) in [5.41, 5.74) is 0. The van der Waals surface area contributed by atoms with Gasteiger partial charge in [0.05, 0.1) is 5.75 Å². The summed E-state index contributed by atoms with van der Waals surface area (Å²) in [6.07, 6.45) is 2.29. The van der Waals surface area contributed by atoms with Gasteiger partial charge < -0.3 is 4.90 Å². The second kappa shape index (κ2) is 4.87. The van der Waals surface area contributed by atoms with Crippen LogP contribution in [-0.4, -0.2) is 42.8 Å². The van der Waals surface area contributed by atoms with E-state index in [9.17, 15) is 4.79 Å². The molecule has 0 aromatic heterocycles. The molecule has 0 atom stereocenters. The van der Waals surface area contributed by atoms with E-state index in [2.05, 4.69) is 19.0 Å². The highest BCUT2D eigenvalue weighted by Crippen LogP contribution is 2.30. The lowest BCUT2D eigenvalue weighted by molar-refractivity contribution is -0.117. The van der Waals surface area contributed by atoms with Crippen LogP contribution in [0.25, 0.3) is 0 Å². The molecule has 1 aliphatic carbocycles. The van der Waals surface area contributed by atoms with E-state index in [4.69, 9.17) is 0 Å². The van der Waals surface area contributed by atoms with E-state index in [0.29, 0.717) is 11.7 Å². The molecule has 3 heteroatoms. The summed E-state index contributed by atoms with van der Waals surface area (Å²) in [4.78, 5) is 13.4. The van der Waals surface area contributed by atoms with Gasteiger partial charge >= 0.3 is 0 Å². The first-order valence-corrected chi connectivity index (χ1v) is 5.61. The maximum atomic E-state index is 11.2. The zero-order valence-corrected chi connectivity index (χ0v) is 8.69. The predicted molar refractivity (Wildman–Crippen MR) is 53.6 cm³/mol. The van der Waals surface area contributed by atoms with Gasteiger partial charge in [-0.05, 0) is 26.9 Å². The Morgan fingerprint density at radius 2 is 2.17 bits per heavy atom. The smallest absolute Gasteiger partial charge is 0.145 e. The molecule has 0 amide bonds. The lowest BCUT2D eigenvalue weighted by atomic mass is 10.3. The fraction of sp³-hybridized carbons (Fsp3) is 0.889. The number of thioether (sulfide) groups is 1. The Balaban J connectivity index is 1.91. The van der Waals surface area contributed by atoms with Crippen molar-refractivity contribution in [3.05, 3.63) is 0 Å². The largest absolute Gasteiger partial charge is 0.309 e. The second-order valence-corrected chi connectivity index (χ2v) is 4.70. The SMILES string of the molecule is CN(C)CCSCC(=O)C1CC1. The van der Waals surface area contributed by atoms with Crippen LogP contribution in [0.3, 0.4) is 0 Å². The Labute approximate surface area is 78.7 Å². The second-order valence-electron chi connectivity index (χ2n) is 3.60. The summed E-state index contributed by atoms with van der Waals surface area (Å²) in [6, 6.07) is 0. The van der Waals surface area contributed by atoms with Crippen molar-refractivity contribution in [3.63, 3.8) is 0 Å². The van der Waals surface area contributed by atoms with Crippen molar-refractivity contribution in [3.8, 4) is 0 Å². The van der Waals surface area contributed by atoms with Gasteiger partial charge in [-0.3, -0.25) is 4.79 Å². The van der Waals surface area contributed by atoms with Crippen molar-refractivity contribution in [1.29, 1.82) is 0 Å². The summed E-state index contributed by atoms with van der Waals surface area (Å²) in [5.74, 6) is 2.72. The van der Waals surface area contributed by atoms with Crippen molar-refractivity contribution in [2.24, 2.45) is 5.92 Å². The summed E-state index contributed by atoms with van der Waals surface area (Å²) in [5, 5.41) is 0. The first kappa shape index (κ1) is 10.1. The van der Waals surface area contributed by atoms with Crippen molar-refractivity contribution >= 4 is 17.5 Å². The quantitative estimate of drug-likeness (QED) is 0.584. The van der Waals surface area contributed by atoms with Gasteiger partial charge in [-0.25, -0.2) is 0 Å². The van der Waals surface area contributed by atoms with Gasteiger partial charge in [0.2, 0.25) is 0 Å². The molecule has 0 aromatic carbocycles. The Morgan fingerprint density at radius 3 is 2.67 bits per heavy atom. The van der Waals surface area contributed by atoms with Crippen LogP contribution < -0.4 is 0 Å². The molecule has 0 heterocycles. The minimum atomic E-state index is 0.442. The number of carbonyl (C=O) groups excluding carboxylic acids is 1. The van der Waals surface area contributed by atoms with Crippen molar-refractivity contribution in [1.82, 2.24) is 4.90 Å². The average molecular weight is 187 g/mol. The van der Waals surface area contributed by atoms with Gasteiger partial charge in [0.15, 0.2) is 0 Å². The third-order valence-corrected chi connectivity index (χ3v) is 2.92. The number of hydrogen-bond donors (Lipinski definition) is 0. The predicted octanol–water partition coefficient (Wildman–Crippen LogP) is 1.26. The van der Waals surface area contributed by atoms with Gasteiger partial charge in [0, 0.05) is 18.2 Å². The molecule has 1 rings (SSSR count). The van der Waals surface area contributed by atoms with Gasteiger partial charge in [0.25, 0.3) is 0 Å². The number of carbonyl (C=O) groups is 1. The molecular weight excluding hydrogens is 170 g/mol. The minimum Gasteiger partial charge on any atom is -0.309 e. The van der Waals surface area contributed by atoms with E-state index in [0.717, 1.165) is 30.9 Å². The zero-order valence-electron chi connectivity index (χ0n) is 7.88. The van der Waals surface area contributed by atoms with E-state index < -0.39 is 0 Å². The molecule has 1 saturated carbocycles. The molecule has 12 heavy (non-hydrogen) atoms. The van der Waals surface area contributed by atoms with Gasteiger partial charge in [-0.1, -0.05) is 0 Å². The maximum Gasteiger partial charge on any atom is 0.145 e. The fourth-order valence-electron chi connectivity index (χ4n) is 0.943. The van der Waals surface area contributed by atoms with Crippen LogP contribution in [0.4, 0.5) is 0 Å². The molecule has 0 N–H and O–H groups in total. The molecule has 2 nitrogen and oxygen atoms in total. The number of nitrogens with zero attached hydrogens (tertiary/aromatic N) is 1. The summed E-state index contributed by atoms with van der Waals surface area (Å²) in [7, 11) is 4.12. The average Bonchev–Trinajstić information content (AvgIpc) is 2.79. The molecule has 70 valence electrons. The number of ketones is 1. The Hall–Kier alpha value is -0.0200. The highest BCUT2D eigenvalue weighted by Gasteiger charge is 2.28. The maximum absolute atomic E-state index is 11.2. The van der Waals surface area contributed by atoms with Crippen LogP contribution in [0.5, 0.6) is 0 Å². The molecule has 0 aromatic rings. The molecule has 1 aliphatic rings. The van der Waals surface area contributed by atoms with Crippen molar-refractivity contribution in [2.75, 3.05) is 32.1 Å². The minimum absolute atomic E-state index is 0.442. The van der Waals surface area contributed by atoms with Crippen LogP contribution in [0, 0.1) is 5.92 Å². The third-order valence-electron chi connectivity index (χ3n) is 1.96. The highest BCUT2D eigenvalue weighted by molar-refractivity contribution is 7.99. The Kier molecular flexibility index (Phi) is 4.09. The Morgan fingerprint density at radius 1 is 1.50 bits per heavy atom.